The fraction of sp³-hybridized carbons (Fsp3) is 0.167. The number of pyridine rings is 1. The molecule has 0 saturated carbocycles. The molecule has 3 N–H and O–H groups in total. The number of allylic oxidation sites excluding steroid dienone is 2. The van der Waals surface area contributed by atoms with Crippen molar-refractivity contribution in [2.24, 2.45) is 0 Å². The summed E-state index contributed by atoms with van der Waals surface area (Å²) in [5.74, 6) is 1.32. The molecule has 23 heavy (non-hydrogen) atoms. The molecule has 0 radical (unpaired) electrons. The molecule has 0 atom stereocenters. The van der Waals surface area contributed by atoms with Crippen LogP contribution in [-0.4, -0.2) is 18.6 Å². The molecule has 2 aromatic rings. The van der Waals surface area contributed by atoms with Crippen LogP contribution in [0, 0.1) is 0 Å². The maximum absolute atomic E-state index is 6.14. The number of nitrogens with zero attached hydrogens (tertiary/aromatic N) is 1. The van der Waals surface area contributed by atoms with E-state index in [2.05, 4.69) is 16.9 Å². The lowest BCUT2D eigenvalue weighted by Crippen LogP contribution is -2.09. The zero-order valence-corrected chi connectivity index (χ0v) is 13.8. The molecule has 2 rings (SSSR count). The van der Waals surface area contributed by atoms with Crippen LogP contribution in [0.4, 0.5) is 11.5 Å². The Hall–Kier alpha value is -2.46. The summed E-state index contributed by atoms with van der Waals surface area (Å²) < 4.78 is 5.28. The lowest BCUT2D eigenvalue weighted by atomic mass is 10.1. The van der Waals surface area contributed by atoms with Gasteiger partial charge in [0.25, 0.3) is 0 Å². The molecule has 0 fully saturated rings. The van der Waals surface area contributed by atoms with Gasteiger partial charge in [-0.1, -0.05) is 42.5 Å². The van der Waals surface area contributed by atoms with Crippen molar-refractivity contribution in [1.82, 2.24) is 4.98 Å². The number of halogens is 1. The van der Waals surface area contributed by atoms with Gasteiger partial charge in [0.2, 0.25) is 0 Å². The zero-order chi connectivity index (χ0) is 16.7. The molecule has 0 spiro atoms. The summed E-state index contributed by atoms with van der Waals surface area (Å²) in [6.45, 7) is 4.35. The second kappa shape index (κ2) is 8.25. The number of methoxy groups -OCH3 is 1. The van der Waals surface area contributed by atoms with Crippen molar-refractivity contribution in [3.8, 4) is 0 Å². The lowest BCUT2D eigenvalue weighted by Gasteiger charge is -2.11. The van der Waals surface area contributed by atoms with E-state index in [-0.39, 0.29) is 0 Å². The zero-order valence-electron chi connectivity index (χ0n) is 13.1. The Kier molecular flexibility index (Phi) is 6.06. The predicted octanol–water partition coefficient (Wildman–Crippen LogP) is 4.15. The predicted molar refractivity (Wildman–Crippen MR) is 97.5 cm³/mol. The Morgan fingerprint density at radius 2 is 2.22 bits per heavy atom. The molecular formula is C18H20ClN3O. The van der Waals surface area contributed by atoms with Gasteiger partial charge >= 0.3 is 0 Å². The summed E-state index contributed by atoms with van der Waals surface area (Å²) >= 11 is 6.14. The molecule has 0 saturated heterocycles. The third kappa shape index (κ3) is 4.50. The molecule has 0 aliphatic heterocycles. The maximum atomic E-state index is 6.14. The maximum Gasteiger partial charge on any atom is 0.149 e. The number of hydrogen-bond donors (Lipinski definition) is 2. The van der Waals surface area contributed by atoms with Crippen LogP contribution in [0.3, 0.4) is 0 Å². The summed E-state index contributed by atoms with van der Waals surface area (Å²) in [7, 11) is 1.60. The Bertz CT molecular complexity index is 713. The van der Waals surface area contributed by atoms with Gasteiger partial charge in [-0.15, -0.1) is 0 Å². The summed E-state index contributed by atoms with van der Waals surface area (Å²) in [5, 5.41) is 4.00. The molecule has 0 aliphatic carbocycles. The third-order valence-electron chi connectivity index (χ3n) is 3.34. The first-order valence-electron chi connectivity index (χ1n) is 7.25. The van der Waals surface area contributed by atoms with Crippen LogP contribution in [0.25, 0.3) is 5.76 Å². The first-order chi connectivity index (χ1) is 11.2. The normalized spacial score (nSPS) is 11.1. The van der Waals surface area contributed by atoms with E-state index in [1.807, 2.05) is 30.3 Å². The average molecular weight is 330 g/mol. The van der Waals surface area contributed by atoms with E-state index in [4.69, 9.17) is 22.1 Å². The number of ether oxygens (including phenoxy) is 1. The highest BCUT2D eigenvalue weighted by atomic mass is 35.5. The van der Waals surface area contributed by atoms with E-state index in [1.165, 1.54) is 0 Å². The van der Waals surface area contributed by atoms with Crippen molar-refractivity contribution < 1.29 is 4.74 Å². The van der Waals surface area contributed by atoms with Crippen molar-refractivity contribution in [2.75, 3.05) is 24.7 Å². The number of rotatable bonds is 7. The second-order valence-electron chi connectivity index (χ2n) is 4.90. The minimum atomic E-state index is 0.564. The molecule has 0 bridgehead atoms. The quantitative estimate of drug-likeness (QED) is 0.592. The number of aromatic nitrogens is 1. The van der Waals surface area contributed by atoms with E-state index < -0.39 is 0 Å². The van der Waals surface area contributed by atoms with Gasteiger partial charge in [0.1, 0.15) is 11.6 Å². The highest BCUT2D eigenvalue weighted by Gasteiger charge is 2.07. The number of nitrogen functional groups attached to an aromatic ring is 1. The van der Waals surface area contributed by atoms with E-state index in [0.717, 1.165) is 22.6 Å². The topological polar surface area (TPSA) is 60.2 Å². The SMILES string of the molecule is C=C/C=C(\OC)c1cnc(NCCc2ccccc2Cl)c(N)c1. The van der Waals surface area contributed by atoms with Gasteiger partial charge in [-0.05, 0) is 30.2 Å². The van der Waals surface area contributed by atoms with E-state index in [1.54, 1.807) is 25.5 Å². The summed E-state index contributed by atoms with van der Waals surface area (Å²) in [5.41, 5.74) is 8.52. The van der Waals surface area contributed by atoms with Crippen LogP contribution in [0.5, 0.6) is 0 Å². The van der Waals surface area contributed by atoms with Crippen molar-refractivity contribution in [1.29, 1.82) is 0 Å². The minimum absolute atomic E-state index is 0.564. The Balaban J connectivity index is 2.03. The number of benzene rings is 1. The first kappa shape index (κ1) is 16.9. The van der Waals surface area contributed by atoms with Gasteiger partial charge in [-0.2, -0.15) is 0 Å². The Morgan fingerprint density at radius 3 is 2.87 bits per heavy atom. The van der Waals surface area contributed by atoms with Crippen LogP contribution in [0.15, 0.2) is 55.3 Å². The van der Waals surface area contributed by atoms with Gasteiger partial charge in [0.05, 0.1) is 12.8 Å². The van der Waals surface area contributed by atoms with Crippen molar-refractivity contribution >= 4 is 28.9 Å². The molecule has 0 unspecified atom stereocenters. The largest absolute Gasteiger partial charge is 0.496 e. The Morgan fingerprint density at radius 1 is 1.43 bits per heavy atom. The van der Waals surface area contributed by atoms with Crippen LogP contribution < -0.4 is 11.1 Å². The van der Waals surface area contributed by atoms with Crippen LogP contribution >= 0.6 is 11.6 Å². The molecular weight excluding hydrogens is 310 g/mol. The molecule has 5 heteroatoms. The minimum Gasteiger partial charge on any atom is -0.496 e. The first-order valence-corrected chi connectivity index (χ1v) is 7.63. The van der Waals surface area contributed by atoms with Gasteiger partial charge in [0, 0.05) is 23.3 Å². The van der Waals surface area contributed by atoms with Crippen LogP contribution in [0.2, 0.25) is 5.02 Å². The Labute approximate surface area is 141 Å². The van der Waals surface area contributed by atoms with Gasteiger partial charge in [-0.25, -0.2) is 4.98 Å². The van der Waals surface area contributed by atoms with Crippen LogP contribution in [0.1, 0.15) is 11.1 Å². The third-order valence-corrected chi connectivity index (χ3v) is 3.70. The molecule has 0 aliphatic rings. The summed E-state index contributed by atoms with van der Waals surface area (Å²) in [4.78, 5) is 4.36. The van der Waals surface area contributed by atoms with Crippen molar-refractivity contribution in [3.63, 3.8) is 0 Å². The van der Waals surface area contributed by atoms with Crippen molar-refractivity contribution in [2.45, 2.75) is 6.42 Å². The number of nitrogens with two attached hydrogens (primary N) is 1. The van der Waals surface area contributed by atoms with E-state index >= 15 is 0 Å². The molecule has 120 valence electrons. The molecule has 0 amide bonds. The standard InChI is InChI=1S/C18H20ClN3O/c1-3-6-17(23-2)14-11-16(20)18(22-12-14)21-10-9-13-7-4-5-8-15(13)19/h3-8,11-12H,1,9-10,20H2,2H3,(H,21,22)/b17-6-. The van der Waals surface area contributed by atoms with Crippen molar-refractivity contribution in [3.05, 3.63) is 71.4 Å². The highest BCUT2D eigenvalue weighted by molar-refractivity contribution is 6.31. The van der Waals surface area contributed by atoms with Gasteiger partial charge in [-0.3, -0.25) is 0 Å². The number of hydrogen-bond acceptors (Lipinski definition) is 4. The van der Waals surface area contributed by atoms with Gasteiger partial charge in [0.15, 0.2) is 0 Å². The fourth-order valence-corrected chi connectivity index (χ4v) is 2.40. The molecule has 1 aromatic carbocycles. The highest BCUT2D eigenvalue weighted by Crippen LogP contribution is 2.22. The second-order valence-corrected chi connectivity index (χ2v) is 5.31. The monoisotopic (exact) mass is 329 g/mol. The summed E-state index contributed by atoms with van der Waals surface area (Å²) in [6, 6.07) is 9.61. The van der Waals surface area contributed by atoms with Crippen LogP contribution in [-0.2, 0) is 11.2 Å². The fourth-order valence-electron chi connectivity index (χ4n) is 2.17. The lowest BCUT2D eigenvalue weighted by molar-refractivity contribution is 0.370. The molecule has 1 aromatic heterocycles. The molecule has 1 heterocycles. The smallest absolute Gasteiger partial charge is 0.149 e. The number of anilines is 2. The van der Waals surface area contributed by atoms with E-state index in [9.17, 15) is 0 Å². The summed E-state index contributed by atoms with van der Waals surface area (Å²) in [6.07, 6.45) is 5.93. The van der Waals surface area contributed by atoms with Gasteiger partial charge < -0.3 is 15.8 Å². The number of nitrogens with one attached hydrogen (secondary N) is 1. The van der Waals surface area contributed by atoms with E-state index in [0.29, 0.717) is 23.8 Å². The average Bonchev–Trinajstić information content (AvgIpc) is 2.56. The molecule has 4 nitrogen and oxygen atoms in total.